The number of carbonyl (C=O) groups is 1. The Morgan fingerprint density at radius 1 is 1.06 bits per heavy atom. The molecule has 0 aliphatic rings. The van der Waals surface area contributed by atoms with E-state index < -0.39 is 0 Å². The summed E-state index contributed by atoms with van der Waals surface area (Å²) in [6.45, 7) is 10.7. The third kappa shape index (κ3) is 7.32. The van der Waals surface area contributed by atoms with Crippen LogP contribution in [-0.4, -0.2) is 23.5 Å². The van der Waals surface area contributed by atoms with E-state index in [1.807, 2.05) is 32.0 Å². The average Bonchev–Trinajstić information content (AvgIpc) is 2.71. The van der Waals surface area contributed by atoms with Gasteiger partial charge < -0.3 is 15.8 Å². The molecule has 0 aliphatic carbocycles. The van der Waals surface area contributed by atoms with Gasteiger partial charge in [0.15, 0.2) is 6.61 Å². The quantitative estimate of drug-likeness (QED) is 0.428. The smallest absolute Gasteiger partial charge is 0.258 e. The number of benzene rings is 2. The van der Waals surface area contributed by atoms with Crippen molar-refractivity contribution in [1.82, 2.24) is 10.3 Å². The zero-order chi connectivity index (χ0) is 22.5. The van der Waals surface area contributed by atoms with Gasteiger partial charge in [0.2, 0.25) is 0 Å². The number of rotatable bonds is 8. The molecule has 3 aromatic rings. The first-order valence-electron chi connectivity index (χ1n) is 10.9. The molecular formula is C26H35Cl2N3O2. The molecule has 0 radical (unpaired) electrons. The van der Waals surface area contributed by atoms with Gasteiger partial charge in [0.25, 0.3) is 5.91 Å². The van der Waals surface area contributed by atoms with Crippen molar-refractivity contribution in [2.24, 2.45) is 11.7 Å². The van der Waals surface area contributed by atoms with Crippen molar-refractivity contribution in [3.63, 3.8) is 0 Å². The van der Waals surface area contributed by atoms with E-state index in [-0.39, 0.29) is 43.4 Å². The normalized spacial score (nSPS) is 10.7. The fourth-order valence-electron chi connectivity index (χ4n) is 3.76. The van der Waals surface area contributed by atoms with Gasteiger partial charge in [-0.15, -0.1) is 24.8 Å². The highest BCUT2D eigenvalue weighted by Gasteiger charge is 2.17. The molecule has 1 amide bonds. The van der Waals surface area contributed by atoms with E-state index in [4.69, 9.17) is 15.5 Å². The molecule has 3 N–H and O–H groups in total. The number of aromatic nitrogens is 1. The van der Waals surface area contributed by atoms with E-state index in [1.165, 1.54) is 5.56 Å². The fourth-order valence-corrected chi connectivity index (χ4v) is 3.76. The number of carbonyl (C=O) groups excluding carboxylic acids is 1. The molecule has 180 valence electrons. The molecule has 0 fully saturated rings. The average molecular weight is 492 g/mol. The summed E-state index contributed by atoms with van der Waals surface area (Å²) in [5, 5.41) is 3.83. The minimum absolute atomic E-state index is 0. The molecule has 0 spiro atoms. The molecule has 7 heteroatoms. The minimum atomic E-state index is -0.137. The summed E-state index contributed by atoms with van der Waals surface area (Å²) in [5.74, 6) is 0.978. The van der Waals surface area contributed by atoms with Crippen LogP contribution in [0.2, 0.25) is 0 Å². The topological polar surface area (TPSA) is 77.2 Å². The summed E-state index contributed by atoms with van der Waals surface area (Å²) in [7, 11) is 0. The van der Waals surface area contributed by atoms with Gasteiger partial charge in [-0.25, -0.2) is 0 Å². The molecule has 0 aliphatic heterocycles. The van der Waals surface area contributed by atoms with E-state index in [2.05, 4.69) is 50.4 Å². The molecule has 0 bridgehead atoms. The summed E-state index contributed by atoms with van der Waals surface area (Å²) < 4.78 is 5.78. The fraction of sp³-hybridized carbons (Fsp3) is 0.385. The van der Waals surface area contributed by atoms with Gasteiger partial charge in [0, 0.05) is 23.7 Å². The Hall–Kier alpha value is -2.34. The second-order valence-electron chi connectivity index (χ2n) is 8.77. The van der Waals surface area contributed by atoms with Crippen molar-refractivity contribution in [1.29, 1.82) is 0 Å². The van der Waals surface area contributed by atoms with Crippen LogP contribution in [0.1, 0.15) is 44.5 Å². The van der Waals surface area contributed by atoms with Crippen molar-refractivity contribution in [3.8, 4) is 16.9 Å². The lowest BCUT2D eigenvalue weighted by Gasteiger charge is -2.19. The van der Waals surface area contributed by atoms with Crippen LogP contribution in [0, 0.1) is 12.8 Å². The summed E-state index contributed by atoms with van der Waals surface area (Å²) in [6, 6.07) is 14.4. The maximum atomic E-state index is 12.0. The summed E-state index contributed by atoms with van der Waals surface area (Å²) in [6.07, 6.45) is 0.870. The molecule has 1 heterocycles. The van der Waals surface area contributed by atoms with Gasteiger partial charge in [-0.3, -0.25) is 9.78 Å². The van der Waals surface area contributed by atoms with Gasteiger partial charge >= 0.3 is 0 Å². The predicted octanol–water partition coefficient (Wildman–Crippen LogP) is 5.61. The Morgan fingerprint density at radius 2 is 1.73 bits per heavy atom. The molecule has 2 aromatic carbocycles. The Bertz CT molecular complexity index is 1070. The number of nitrogens with one attached hydrogen (secondary N) is 1. The number of amides is 1. The summed E-state index contributed by atoms with van der Waals surface area (Å²) in [4.78, 5) is 16.9. The van der Waals surface area contributed by atoms with Crippen LogP contribution < -0.4 is 15.8 Å². The van der Waals surface area contributed by atoms with Crippen molar-refractivity contribution in [2.75, 3.05) is 6.61 Å². The van der Waals surface area contributed by atoms with Crippen LogP contribution in [0.3, 0.4) is 0 Å². The SMILES string of the molecule is Cc1ccc(-c2c(CN)c(CC(C)C)nc3ccc(OCC(=O)NC(C)C)cc23)cc1.Cl.Cl. The van der Waals surface area contributed by atoms with E-state index in [0.29, 0.717) is 18.2 Å². The van der Waals surface area contributed by atoms with E-state index in [0.717, 1.165) is 39.7 Å². The molecular weight excluding hydrogens is 457 g/mol. The second kappa shape index (κ2) is 12.8. The van der Waals surface area contributed by atoms with Crippen molar-refractivity contribution in [2.45, 2.75) is 53.6 Å². The summed E-state index contributed by atoms with van der Waals surface area (Å²) in [5.41, 5.74) is 12.7. The predicted molar refractivity (Wildman–Crippen MR) is 142 cm³/mol. The Morgan fingerprint density at radius 3 is 2.30 bits per heavy atom. The van der Waals surface area contributed by atoms with Crippen LogP contribution in [0.5, 0.6) is 5.75 Å². The molecule has 1 aromatic heterocycles. The molecule has 0 atom stereocenters. The lowest BCUT2D eigenvalue weighted by atomic mass is 9.91. The van der Waals surface area contributed by atoms with Crippen molar-refractivity contribution < 1.29 is 9.53 Å². The number of fused-ring (bicyclic) bond motifs is 1. The monoisotopic (exact) mass is 491 g/mol. The van der Waals surface area contributed by atoms with Crippen LogP contribution in [0.25, 0.3) is 22.0 Å². The van der Waals surface area contributed by atoms with Crippen LogP contribution in [-0.2, 0) is 17.8 Å². The Labute approximate surface area is 209 Å². The number of nitrogens with two attached hydrogens (primary N) is 1. The lowest BCUT2D eigenvalue weighted by Crippen LogP contribution is -2.34. The molecule has 5 nitrogen and oxygen atoms in total. The third-order valence-electron chi connectivity index (χ3n) is 5.11. The highest BCUT2D eigenvalue weighted by atomic mass is 35.5. The number of hydrogen-bond donors (Lipinski definition) is 2. The number of ether oxygens (including phenoxy) is 1. The van der Waals surface area contributed by atoms with E-state index in [1.54, 1.807) is 0 Å². The molecule has 33 heavy (non-hydrogen) atoms. The number of nitrogens with zero attached hydrogens (tertiary/aromatic N) is 1. The molecule has 0 unspecified atom stereocenters. The first kappa shape index (κ1) is 28.7. The zero-order valence-electron chi connectivity index (χ0n) is 20.0. The zero-order valence-corrected chi connectivity index (χ0v) is 21.6. The second-order valence-corrected chi connectivity index (χ2v) is 8.77. The van der Waals surface area contributed by atoms with E-state index >= 15 is 0 Å². The van der Waals surface area contributed by atoms with Crippen LogP contribution in [0.15, 0.2) is 42.5 Å². The maximum absolute atomic E-state index is 12.0. The summed E-state index contributed by atoms with van der Waals surface area (Å²) >= 11 is 0. The molecule has 3 rings (SSSR count). The highest BCUT2D eigenvalue weighted by Crippen LogP contribution is 2.35. The molecule has 0 saturated heterocycles. The number of halogens is 2. The molecule has 0 saturated carbocycles. The van der Waals surface area contributed by atoms with Gasteiger partial charge in [0.05, 0.1) is 5.52 Å². The maximum Gasteiger partial charge on any atom is 0.258 e. The van der Waals surface area contributed by atoms with Gasteiger partial charge in [-0.1, -0.05) is 43.7 Å². The lowest BCUT2D eigenvalue weighted by molar-refractivity contribution is -0.123. The number of hydrogen-bond acceptors (Lipinski definition) is 4. The standard InChI is InChI=1S/C26H33N3O2.2ClH/c1-16(2)12-24-22(14-27)26(19-8-6-18(5)7-9-19)21-13-20(10-11-23(21)29-24)31-15-25(30)28-17(3)4;;/h6-11,13,16-17H,12,14-15,27H2,1-5H3,(H,28,30);2*1H. The first-order valence-corrected chi connectivity index (χ1v) is 10.9. The van der Waals surface area contributed by atoms with Crippen molar-refractivity contribution in [3.05, 3.63) is 59.3 Å². The van der Waals surface area contributed by atoms with Gasteiger partial charge in [0.1, 0.15) is 5.75 Å². The Balaban J connectivity index is 0.00000272. The largest absolute Gasteiger partial charge is 0.484 e. The van der Waals surface area contributed by atoms with Crippen molar-refractivity contribution >= 4 is 41.6 Å². The van der Waals surface area contributed by atoms with Gasteiger partial charge in [-0.2, -0.15) is 0 Å². The van der Waals surface area contributed by atoms with Crippen LogP contribution >= 0.6 is 24.8 Å². The first-order chi connectivity index (χ1) is 14.8. The highest BCUT2D eigenvalue weighted by molar-refractivity contribution is 5.97. The van der Waals surface area contributed by atoms with Crippen LogP contribution in [0.4, 0.5) is 0 Å². The number of aryl methyl sites for hydroxylation is 1. The third-order valence-corrected chi connectivity index (χ3v) is 5.11. The minimum Gasteiger partial charge on any atom is -0.484 e. The van der Waals surface area contributed by atoms with Gasteiger partial charge in [-0.05, 0) is 68.0 Å². The Kier molecular flexibility index (Phi) is 11.1. The number of pyridine rings is 1. The van der Waals surface area contributed by atoms with E-state index in [9.17, 15) is 4.79 Å².